The van der Waals surface area contributed by atoms with Gasteiger partial charge < -0.3 is 20.1 Å². The van der Waals surface area contributed by atoms with Crippen LogP contribution in [-0.4, -0.2) is 52.3 Å². The van der Waals surface area contributed by atoms with Crippen LogP contribution < -0.4 is 15.0 Å². The molecule has 2 aliphatic heterocycles. The lowest BCUT2D eigenvalue weighted by Crippen LogP contribution is -2.51. The molecule has 2 aromatic heterocycles. The van der Waals surface area contributed by atoms with Crippen molar-refractivity contribution in [2.45, 2.75) is 31.1 Å². The average molecular weight is 449 g/mol. The molecule has 11 heteroatoms. The van der Waals surface area contributed by atoms with Gasteiger partial charge >= 0.3 is 12.2 Å². The Kier molecular flexibility index (Phi) is 4.81. The smallest absolute Gasteiger partial charge is 0.417 e. The number of phenolic OH excluding ortho intramolecular Hbond substituents is 1. The van der Waals surface area contributed by atoms with Gasteiger partial charge in [-0.25, -0.2) is 4.39 Å². The number of ether oxygens (including phenoxy) is 1. The molecule has 1 aromatic carbocycles. The van der Waals surface area contributed by atoms with Crippen LogP contribution >= 0.6 is 0 Å². The lowest BCUT2D eigenvalue weighted by atomic mass is 10.0. The molecule has 2 fully saturated rings. The van der Waals surface area contributed by atoms with Gasteiger partial charge in [0.15, 0.2) is 5.82 Å². The van der Waals surface area contributed by atoms with Crippen LogP contribution in [0.15, 0.2) is 24.4 Å². The van der Waals surface area contributed by atoms with Crippen molar-refractivity contribution in [1.29, 1.82) is 0 Å². The molecule has 32 heavy (non-hydrogen) atoms. The zero-order valence-corrected chi connectivity index (χ0v) is 16.9. The third-order valence-corrected chi connectivity index (χ3v) is 5.91. The van der Waals surface area contributed by atoms with E-state index in [9.17, 15) is 18.3 Å². The first-order valence-electron chi connectivity index (χ1n) is 10.1. The molecule has 0 aliphatic carbocycles. The average Bonchev–Trinajstić information content (AvgIpc) is 3.10. The minimum absolute atomic E-state index is 0.0959. The maximum Gasteiger partial charge on any atom is 0.417 e. The third-order valence-electron chi connectivity index (χ3n) is 5.91. The summed E-state index contributed by atoms with van der Waals surface area (Å²) >= 11 is 0. The van der Waals surface area contributed by atoms with Crippen molar-refractivity contribution in [3.63, 3.8) is 0 Å². The van der Waals surface area contributed by atoms with Crippen LogP contribution in [0.3, 0.4) is 0 Å². The van der Waals surface area contributed by atoms with E-state index in [1.165, 1.54) is 13.3 Å². The highest BCUT2D eigenvalue weighted by Crippen LogP contribution is 2.41. The number of phenols is 1. The van der Waals surface area contributed by atoms with Crippen molar-refractivity contribution in [3.05, 3.63) is 35.8 Å². The summed E-state index contributed by atoms with van der Waals surface area (Å²) in [6.07, 6.45) is -1.44. The predicted molar refractivity (Wildman–Crippen MR) is 108 cm³/mol. The molecule has 2 N–H and O–H groups in total. The van der Waals surface area contributed by atoms with Crippen molar-refractivity contribution >= 4 is 16.7 Å². The van der Waals surface area contributed by atoms with Gasteiger partial charge in [-0.2, -0.15) is 23.1 Å². The van der Waals surface area contributed by atoms with E-state index in [0.29, 0.717) is 25.0 Å². The Morgan fingerprint density at radius 2 is 1.88 bits per heavy atom. The zero-order valence-electron chi connectivity index (χ0n) is 16.9. The highest BCUT2D eigenvalue weighted by Gasteiger charge is 2.36. The Morgan fingerprint density at radius 1 is 1.16 bits per heavy atom. The van der Waals surface area contributed by atoms with Crippen LogP contribution in [0.1, 0.15) is 18.4 Å². The van der Waals surface area contributed by atoms with Crippen LogP contribution in [0.4, 0.5) is 23.4 Å². The SMILES string of the molecule is COc1nc(N2CC3CCC(C2)N3)c2cnc(-c3cc(O)ccc3C(F)(F)F)c(F)c2n1. The molecule has 7 nitrogen and oxygen atoms in total. The number of nitrogens with one attached hydrogen (secondary N) is 1. The van der Waals surface area contributed by atoms with Gasteiger partial charge in [0.2, 0.25) is 0 Å². The second kappa shape index (κ2) is 7.44. The normalized spacial score (nSPS) is 20.7. The number of alkyl halides is 3. The number of fused-ring (bicyclic) bond motifs is 3. The molecule has 0 spiro atoms. The monoisotopic (exact) mass is 449 g/mol. The number of nitrogens with zero attached hydrogens (tertiary/aromatic N) is 4. The maximum atomic E-state index is 15.6. The number of hydrogen-bond acceptors (Lipinski definition) is 7. The number of anilines is 1. The molecule has 3 aromatic rings. The van der Waals surface area contributed by atoms with Gasteiger partial charge in [0.25, 0.3) is 0 Å². The molecular weight excluding hydrogens is 430 g/mol. The fraction of sp³-hybridized carbons (Fsp3) is 0.381. The topological polar surface area (TPSA) is 83.4 Å². The van der Waals surface area contributed by atoms with Gasteiger partial charge in [-0.15, -0.1) is 0 Å². The lowest BCUT2D eigenvalue weighted by Gasteiger charge is -2.34. The van der Waals surface area contributed by atoms with Gasteiger partial charge in [0, 0.05) is 36.9 Å². The molecule has 2 bridgehead atoms. The summed E-state index contributed by atoms with van der Waals surface area (Å²) in [5.41, 5.74) is -2.44. The van der Waals surface area contributed by atoms with Crippen molar-refractivity contribution < 1.29 is 27.4 Å². The summed E-state index contributed by atoms with van der Waals surface area (Å²) in [6, 6.07) is 2.90. The highest BCUT2D eigenvalue weighted by molar-refractivity contribution is 5.92. The summed E-state index contributed by atoms with van der Waals surface area (Å²) in [5, 5.41) is 13.5. The summed E-state index contributed by atoms with van der Waals surface area (Å²) in [4.78, 5) is 14.5. The summed E-state index contributed by atoms with van der Waals surface area (Å²) < 4.78 is 61.3. The fourth-order valence-corrected chi connectivity index (χ4v) is 4.49. The number of aromatic nitrogens is 3. The Hall–Kier alpha value is -3.21. The Morgan fingerprint density at radius 3 is 2.53 bits per heavy atom. The molecule has 168 valence electrons. The predicted octanol–water partition coefficient (Wildman–Crippen LogP) is 3.50. The van der Waals surface area contributed by atoms with Crippen molar-refractivity contribution in [2.75, 3.05) is 25.1 Å². The van der Waals surface area contributed by atoms with E-state index in [1.54, 1.807) is 0 Å². The van der Waals surface area contributed by atoms with Crippen LogP contribution in [0.5, 0.6) is 11.8 Å². The third kappa shape index (κ3) is 3.46. The number of aromatic hydroxyl groups is 1. The van der Waals surface area contributed by atoms with Crippen molar-refractivity contribution in [1.82, 2.24) is 20.3 Å². The molecule has 5 rings (SSSR count). The Bertz CT molecular complexity index is 1190. The number of pyridine rings is 1. The van der Waals surface area contributed by atoms with Crippen molar-refractivity contribution in [2.24, 2.45) is 0 Å². The second-order valence-electron chi connectivity index (χ2n) is 7.99. The number of hydrogen-bond donors (Lipinski definition) is 2. The number of rotatable bonds is 3. The number of piperazine rings is 1. The minimum Gasteiger partial charge on any atom is -0.508 e. The molecule has 0 amide bonds. The quantitative estimate of drug-likeness (QED) is 0.592. The second-order valence-corrected chi connectivity index (χ2v) is 7.99. The Labute approximate surface area is 180 Å². The van der Waals surface area contributed by atoms with E-state index in [2.05, 4.69) is 20.3 Å². The van der Waals surface area contributed by atoms with E-state index in [4.69, 9.17) is 4.74 Å². The number of benzene rings is 1. The number of halogens is 4. The van der Waals surface area contributed by atoms with Gasteiger partial charge in [-0.3, -0.25) is 4.98 Å². The van der Waals surface area contributed by atoms with Crippen LogP contribution in [-0.2, 0) is 6.18 Å². The van der Waals surface area contributed by atoms with E-state index < -0.39 is 34.6 Å². The molecular formula is C21H19F4N5O2. The van der Waals surface area contributed by atoms with E-state index in [1.807, 2.05) is 4.90 Å². The highest BCUT2D eigenvalue weighted by atomic mass is 19.4. The molecule has 2 saturated heterocycles. The molecule has 2 aliphatic rings. The molecule has 4 heterocycles. The van der Waals surface area contributed by atoms with Crippen LogP contribution in [0, 0.1) is 5.82 Å². The van der Waals surface area contributed by atoms with Gasteiger partial charge in [0.05, 0.1) is 18.1 Å². The van der Waals surface area contributed by atoms with Gasteiger partial charge in [-0.05, 0) is 31.0 Å². The minimum atomic E-state index is -4.76. The standard InChI is InChI=1S/C21H19F4N5O2/c1-32-20-28-18-14(19(29-20)30-8-10-2-3-11(9-30)27-10)7-26-17(16(18)22)13-6-12(31)4-5-15(13)21(23,24)25/h4-7,10-11,27,31H,2-3,8-9H2,1H3. The first kappa shape index (κ1) is 20.7. The van der Waals surface area contributed by atoms with Gasteiger partial charge in [-0.1, -0.05) is 0 Å². The fourth-order valence-electron chi connectivity index (χ4n) is 4.49. The van der Waals surface area contributed by atoms with E-state index in [0.717, 1.165) is 25.0 Å². The lowest BCUT2D eigenvalue weighted by molar-refractivity contribution is -0.137. The maximum absolute atomic E-state index is 15.6. The van der Waals surface area contributed by atoms with Gasteiger partial charge in [0.1, 0.15) is 22.8 Å². The molecule has 2 atom stereocenters. The first-order valence-corrected chi connectivity index (χ1v) is 10.1. The Balaban J connectivity index is 1.69. The van der Waals surface area contributed by atoms with E-state index in [-0.39, 0.29) is 29.0 Å². The van der Waals surface area contributed by atoms with Crippen LogP contribution in [0.2, 0.25) is 0 Å². The summed E-state index contributed by atoms with van der Waals surface area (Å²) in [6.45, 7) is 1.31. The first-order chi connectivity index (χ1) is 15.2. The molecule has 0 radical (unpaired) electrons. The summed E-state index contributed by atoms with van der Waals surface area (Å²) in [5.74, 6) is -1.06. The van der Waals surface area contributed by atoms with Crippen molar-refractivity contribution in [3.8, 4) is 23.0 Å². The van der Waals surface area contributed by atoms with Crippen LogP contribution in [0.25, 0.3) is 22.2 Å². The van der Waals surface area contributed by atoms with E-state index >= 15 is 4.39 Å². The summed E-state index contributed by atoms with van der Waals surface area (Å²) in [7, 11) is 1.34. The zero-order chi connectivity index (χ0) is 22.6. The number of methoxy groups -OCH3 is 1. The largest absolute Gasteiger partial charge is 0.508 e. The molecule has 2 unspecified atom stereocenters. The molecule has 0 saturated carbocycles.